The van der Waals surface area contributed by atoms with E-state index in [0.29, 0.717) is 35.4 Å². The van der Waals surface area contributed by atoms with E-state index in [2.05, 4.69) is 10.3 Å². The summed E-state index contributed by atoms with van der Waals surface area (Å²) in [5, 5.41) is 3.44. The molecule has 30 heavy (non-hydrogen) atoms. The third-order valence-corrected chi connectivity index (χ3v) is 5.23. The number of carbonyl (C=O) groups is 1. The van der Waals surface area contributed by atoms with Gasteiger partial charge in [-0.1, -0.05) is 6.92 Å². The summed E-state index contributed by atoms with van der Waals surface area (Å²) in [7, 11) is 1.64. The maximum Gasteiger partial charge on any atom is 0.257 e. The lowest BCUT2D eigenvalue weighted by molar-refractivity contribution is 0.102. The standard InChI is InChI=1S/C23H26N2O4S/c1-5-13-29-19-12-9-17(14-20(19)28-6-2)22(26)25-23-24-21(15(3)30-23)16-7-10-18(27-4)11-8-16/h7-12,14H,5-6,13H2,1-4H3,(H,24,25,26). The number of hydrogen-bond acceptors (Lipinski definition) is 6. The van der Waals surface area contributed by atoms with Crippen molar-refractivity contribution in [1.82, 2.24) is 4.98 Å². The summed E-state index contributed by atoms with van der Waals surface area (Å²) >= 11 is 1.44. The molecule has 0 unspecified atom stereocenters. The highest BCUT2D eigenvalue weighted by atomic mass is 32.1. The maximum atomic E-state index is 12.8. The van der Waals surface area contributed by atoms with Crippen molar-refractivity contribution in [1.29, 1.82) is 0 Å². The zero-order chi connectivity index (χ0) is 21.5. The van der Waals surface area contributed by atoms with Gasteiger partial charge in [0.25, 0.3) is 5.91 Å². The van der Waals surface area contributed by atoms with Crippen LogP contribution in [0.2, 0.25) is 0 Å². The van der Waals surface area contributed by atoms with Crippen LogP contribution in [-0.4, -0.2) is 31.2 Å². The smallest absolute Gasteiger partial charge is 0.257 e. The van der Waals surface area contributed by atoms with Gasteiger partial charge in [0.1, 0.15) is 5.75 Å². The molecule has 1 aromatic heterocycles. The van der Waals surface area contributed by atoms with E-state index in [-0.39, 0.29) is 5.91 Å². The average Bonchev–Trinajstić information content (AvgIpc) is 3.12. The number of thiazole rings is 1. The zero-order valence-corrected chi connectivity index (χ0v) is 18.5. The number of nitrogens with zero attached hydrogens (tertiary/aromatic N) is 1. The molecular formula is C23H26N2O4S. The molecule has 1 amide bonds. The van der Waals surface area contributed by atoms with Crippen LogP contribution < -0.4 is 19.5 Å². The van der Waals surface area contributed by atoms with E-state index in [1.807, 2.05) is 45.0 Å². The van der Waals surface area contributed by atoms with Crippen LogP contribution in [0.4, 0.5) is 5.13 Å². The fraction of sp³-hybridized carbons (Fsp3) is 0.304. The number of nitrogens with one attached hydrogen (secondary N) is 1. The highest BCUT2D eigenvalue weighted by Crippen LogP contribution is 2.32. The molecule has 0 saturated heterocycles. The second-order valence-corrected chi connectivity index (χ2v) is 7.75. The summed E-state index contributed by atoms with van der Waals surface area (Å²) in [4.78, 5) is 18.4. The van der Waals surface area contributed by atoms with Gasteiger partial charge in [0.15, 0.2) is 16.6 Å². The lowest BCUT2D eigenvalue weighted by Crippen LogP contribution is -2.12. The maximum absolute atomic E-state index is 12.8. The van der Waals surface area contributed by atoms with Crippen LogP contribution in [0.3, 0.4) is 0 Å². The summed E-state index contributed by atoms with van der Waals surface area (Å²) in [6.07, 6.45) is 0.897. The Balaban J connectivity index is 1.78. The molecule has 0 saturated carbocycles. The molecule has 1 heterocycles. The van der Waals surface area contributed by atoms with Crippen LogP contribution in [0.5, 0.6) is 17.2 Å². The predicted octanol–water partition coefficient (Wildman–Crippen LogP) is 5.57. The van der Waals surface area contributed by atoms with Crippen molar-refractivity contribution in [2.24, 2.45) is 0 Å². The van der Waals surface area contributed by atoms with Gasteiger partial charge < -0.3 is 14.2 Å². The Morgan fingerprint density at radius 1 is 1.07 bits per heavy atom. The molecule has 0 aliphatic heterocycles. The number of anilines is 1. The number of carbonyl (C=O) groups excluding carboxylic acids is 1. The minimum absolute atomic E-state index is 0.243. The van der Waals surface area contributed by atoms with Crippen molar-refractivity contribution in [2.45, 2.75) is 27.2 Å². The fourth-order valence-corrected chi connectivity index (χ4v) is 3.72. The number of aryl methyl sites for hydroxylation is 1. The topological polar surface area (TPSA) is 69.7 Å². The number of aromatic nitrogens is 1. The summed E-state index contributed by atoms with van der Waals surface area (Å²) in [5.74, 6) is 1.75. The first-order valence-electron chi connectivity index (χ1n) is 9.88. The Labute approximate surface area is 180 Å². The first-order chi connectivity index (χ1) is 14.5. The number of rotatable bonds is 9. The van der Waals surface area contributed by atoms with E-state index in [4.69, 9.17) is 14.2 Å². The van der Waals surface area contributed by atoms with Crippen molar-refractivity contribution >= 4 is 22.4 Å². The molecule has 2 aromatic carbocycles. The molecule has 0 aliphatic carbocycles. The van der Waals surface area contributed by atoms with Crippen molar-refractivity contribution in [2.75, 3.05) is 25.6 Å². The van der Waals surface area contributed by atoms with E-state index in [9.17, 15) is 4.79 Å². The van der Waals surface area contributed by atoms with Gasteiger partial charge in [-0.3, -0.25) is 10.1 Å². The minimum Gasteiger partial charge on any atom is -0.497 e. The lowest BCUT2D eigenvalue weighted by atomic mass is 10.1. The van der Waals surface area contributed by atoms with Crippen LogP contribution in [0, 0.1) is 6.92 Å². The van der Waals surface area contributed by atoms with E-state index in [1.165, 1.54) is 11.3 Å². The van der Waals surface area contributed by atoms with Gasteiger partial charge in [-0.2, -0.15) is 0 Å². The normalized spacial score (nSPS) is 10.5. The third-order valence-electron chi connectivity index (χ3n) is 4.35. The number of benzene rings is 2. The molecule has 7 heteroatoms. The lowest BCUT2D eigenvalue weighted by Gasteiger charge is -2.12. The molecule has 0 atom stereocenters. The number of methoxy groups -OCH3 is 1. The van der Waals surface area contributed by atoms with E-state index in [0.717, 1.165) is 28.3 Å². The molecule has 0 fully saturated rings. The highest BCUT2D eigenvalue weighted by molar-refractivity contribution is 7.16. The molecule has 0 radical (unpaired) electrons. The molecule has 3 rings (SSSR count). The Hall–Kier alpha value is -3.06. The van der Waals surface area contributed by atoms with Crippen molar-refractivity contribution in [3.8, 4) is 28.5 Å². The number of hydrogen-bond donors (Lipinski definition) is 1. The van der Waals surface area contributed by atoms with E-state index in [1.54, 1.807) is 25.3 Å². The monoisotopic (exact) mass is 426 g/mol. The molecule has 0 bridgehead atoms. The van der Waals surface area contributed by atoms with Gasteiger partial charge in [0.2, 0.25) is 0 Å². The number of amides is 1. The van der Waals surface area contributed by atoms with Crippen LogP contribution in [0.15, 0.2) is 42.5 Å². The van der Waals surface area contributed by atoms with Crippen LogP contribution in [-0.2, 0) is 0 Å². The molecule has 3 aromatic rings. The third kappa shape index (κ3) is 5.10. The predicted molar refractivity (Wildman–Crippen MR) is 120 cm³/mol. The molecule has 158 valence electrons. The quantitative estimate of drug-likeness (QED) is 0.485. The molecule has 1 N–H and O–H groups in total. The van der Waals surface area contributed by atoms with Crippen molar-refractivity contribution in [3.63, 3.8) is 0 Å². The summed E-state index contributed by atoms with van der Waals surface area (Å²) in [6.45, 7) is 7.01. The first-order valence-corrected chi connectivity index (χ1v) is 10.7. The Bertz CT molecular complexity index is 999. The van der Waals surface area contributed by atoms with Gasteiger partial charge in [-0.15, -0.1) is 11.3 Å². The molecule has 0 aliphatic rings. The Morgan fingerprint density at radius 2 is 1.83 bits per heavy atom. The van der Waals surface area contributed by atoms with Gasteiger partial charge in [0.05, 0.1) is 26.0 Å². The molecule has 0 spiro atoms. The molecular weight excluding hydrogens is 400 g/mol. The molecule has 6 nitrogen and oxygen atoms in total. The second kappa shape index (κ2) is 10.1. The van der Waals surface area contributed by atoms with E-state index < -0.39 is 0 Å². The van der Waals surface area contributed by atoms with E-state index >= 15 is 0 Å². The minimum atomic E-state index is -0.243. The first kappa shape index (κ1) is 21.6. The summed E-state index contributed by atoms with van der Waals surface area (Å²) in [6, 6.07) is 12.9. The van der Waals surface area contributed by atoms with Crippen LogP contribution in [0.1, 0.15) is 35.5 Å². The SMILES string of the molecule is CCCOc1ccc(C(=O)Nc2nc(-c3ccc(OC)cc3)c(C)s2)cc1OCC. The van der Waals surface area contributed by atoms with Crippen molar-refractivity contribution < 1.29 is 19.0 Å². The van der Waals surface area contributed by atoms with Crippen LogP contribution in [0.25, 0.3) is 11.3 Å². The largest absolute Gasteiger partial charge is 0.497 e. The van der Waals surface area contributed by atoms with Gasteiger partial charge in [-0.25, -0.2) is 4.98 Å². The van der Waals surface area contributed by atoms with Gasteiger partial charge in [-0.05, 0) is 62.7 Å². The van der Waals surface area contributed by atoms with Gasteiger partial charge in [0, 0.05) is 16.0 Å². The fourth-order valence-electron chi connectivity index (χ4n) is 2.88. The number of ether oxygens (including phenoxy) is 3. The summed E-state index contributed by atoms with van der Waals surface area (Å²) in [5.41, 5.74) is 2.30. The van der Waals surface area contributed by atoms with Gasteiger partial charge >= 0.3 is 0 Å². The summed E-state index contributed by atoms with van der Waals surface area (Å²) < 4.78 is 16.6. The highest BCUT2D eigenvalue weighted by Gasteiger charge is 2.15. The second-order valence-electron chi connectivity index (χ2n) is 6.55. The van der Waals surface area contributed by atoms with Crippen molar-refractivity contribution in [3.05, 3.63) is 52.9 Å². The zero-order valence-electron chi connectivity index (χ0n) is 17.7. The Kier molecular flexibility index (Phi) is 7.30. The Morgan fingerprint density at radius 3 is 2.50 bits per heavy atom. The average molecular weight is 427 g/mol. The van der Waals surface area contributed by atoms with Crippen LogP contribution >= 0.6 is 11.3 Å².